The summed E-state index contributed by atoms with van der Waals surface area (Å²) in [6, 6.07) is 0. The van der Waals surface area contributed by atoms with Crippen LogP contribution in [-0.4, -0.2) is 37.2 Å². The van der Waals surface area contributed by atoms with Gasteiger partial charge in [-0.15, -0.1) is 0 Å². The Hall–Kier alpha value is -2.11. The monoisotopic (exact) mass is 789 g/mol. The van der Waals surface area contributed by atoms with E-state index in [0.29, 0.717) is 19.3 Å². The van der Waals surface area contributed by atoms with Gasteiger partial charge >= 0.3 is 17.9 Å². The Balaban J connectivity index is 4.28. The fourth-order valence-electron chi connectivity index (χ4n) is 6.96. The molecule has 0 aromatic heterocycles. The predicted molar refractivity (Wildman–Crippen MR) is 238 cm³/mol. The molecule has 0 radical (unpaired) electrons. The minimum Gasteiger partial charge on any atom is -0.462 e. The third-order valence-corrected chi connectivity index (χ3v) is 10.7. The van der Waals surface area contributed by atoms with Gasteiger partial charge in [0.1, 0.15) is 13.2 Å². The molecule has 1 atom stereocenters. The number of carbonyl (C=O) groups excluding carboxylic acids is 3. The molecule has 0 aliphatic heterocycles. The van der Waals surface area contributed by atoms with Crippen molar-refractivity contribution in [1.29, 1.82) is 0 Å². The SMILES string of the molecule is CCC/C=C\CCCCCCCC(=O)OCC(COC(=O)CCCCCCCCCCCCCCCCCCC)OC(=O)CCCCCCC/C=C\CCCC. The Labute approximate surface area is 347 Å². The lowest BCUT2D eigenvalue weighted by molar-refractivity contribution is -0.167. The zero-order valence-corrected chi connectivity index (χ0v) is 37.4. The average Bonchev–Trinajstić information content (AvgIpc) is 3.19. The van der Waals surface area contributed by atoms with Gasteiger partial charge in [-0.25, -0.2) is 0 Å². The number of ether oxygens (including phenoxy) is 3. The first kappa shape index (κ1) is 53.9. The van der Waals surface area contributed by atoms with Crippen LogP contribution in [-0.2, 0) is 28.6 Å². The molecule has 0 aliphatic carbocycles. The lowest BCUT2D eigenvalue weighted by Crippen LogP contribution is -2.30. The maximum Gasteiger partial charge on any atom is 0.306 e. The summed E-state index contributed by atoms with van der Waals surface area (Å²) in [7, 11) is 0. The molecular weight excluding hydrogens is 697 g/mol. The van der Waals surface area contributed by atoms with Crippen molar-refractivity contribution in [3.05, 3.63) is 24.3 Å². The second kappa shape index (κ2) is 45.6. The average molecular weight is 789 g/mol. The maximum absolute atomic E-state index is 12.7. The van der Waals surface area contributed by atoms with Gasteiger partial charge < -0.3 is 14.2 Å². The number of esters is 3. The highest BCUT2D eigenvalue weighted by Crippen LogP contribution is 2.16. The van der Waals surface area contributed by atoms with Gasteiger partial charge in [-0.2, -0.15) is 0 Å². The maximum atomic E-state index is 12.7. The molecule has 0 aromatic carbocycles. The largest absolute Gasteiger partial charge is 0.462 e. The van der Waals surface area contributed by atoms with Crippen LogP contribution in [0.15, 0.2) is 24.3 Å². The third kappa shape index (κ3) is 43.0. The molecule has 0 saturated heterocycles. The van der Waals surface area contributed by atoms with Gasteiger partial charge in [-0.1, -0.05) is 206 Å². The molecule has 0 N–H and O–H groups in total. The van der Waals surface area contributed by atoms with Crippen LogP contribution in [0.1, 0.15) is 258 Å². The fourth-order valence-corrected chi connectivity index (χ4v) is 6.96. The Kier molecular flexibility index (Phi) is 43.9. The molecule has 0 bridgehead atoms. The lowest BCUT2D eigenvalue weighted by Gasteiger charge is -2.18. The van der Waals surface area contributed by atoms with Crippen LogP contribution in [0.4, 0.5) is 0 Å². The summed E-state index contributed by atoms with van der Waals surface area (Å²) in [5.74, 6) is -0.887. The van der Waals surface area contributed by atoms with Crippen molar-refractivity contribution in [3.8, 4) is 0 Å². The molecule has 0 amide bonds. The second-order valence-electron chi connectivity index (χ2n) is 16.4. The van der Waals surface area contributed by atoms with Crippen molar-refractivity contribution in [1.82, 2.24) is 0 Å². The normalized spacial score (nSPS) is 12.1. The van der Waals surface area contributed by atoms with Crippen LogP contribution in [0.5, 0.6) is 0 Å². The molecule has 0 aliphatic rings. The van der Waals surface area contributed by atoms with Gasteiger partial charge in [0.05, 0.1) is 0 Å². The first-order valence-electron chi connectivity index (χ1n) is 24.3. The highest BCUT2D eigenvalue weighted by molar-refractivity contribution is 5.71. The minimum absolute atomic E-state index is 0.0741. The van der Waals surface area contributed by atoms with Crippen LogP contribution in [0.2, 0.25) is 0 Å². The topological polar surface area (TPSA) is 78.9 Å². The highest BCUT2D eigenvalue weighted by atomic mass is 16.6. The van der Waals surface area contributed by atoms with E-state index in [9.17, 15) is 14.4 Å². The Morgan fingerprint density at radius 2 is 0.643 bits per heavy atom. The zero-order chi connectivity index (χ0) is 40.8. The summed E-state index contributed by atoms with van der Waals surface area (Å²) in [6.07, 6.45) is 50.2. The molecule has 0 spiro atoms. The minimum atomic E-state index is -0.772. The first-order valence-corrected chi connectivity index (χ1v) is 24.3. The standard InChI is InChI=1S/C50H92O6/c1-4-7-10-13-16-19-22-23-24-25-26-27-29-31-34-37-40-43-49(52)55-46-47(45-54-48(51)42-39-36-33-30-21-18-15-12-9-6-3)56-50(53)44-41-38-35-32-28-20-17-14-11-8-5-2/h12,14-15,17,47H,4-11,13,16,18-46H2,1-3H3/b15-12-,17-14-. The van der Waals surface area contributed by atoms with Crippen LogP contribution in [0.25, 0.3) is 0 Å². The lowest BCUT2D eigenvalue weighted by atomic mass is 10.0. The van der Waals surface area contributed by atoms with E-state index in [2.05, 4.69) is 45.1 Å². The Morgan fingerprint density at radius 1 is 0.339 bits per heavy atom. The van der Waals surface area contributed by atoms with E-state index in [1.54, 1.807) is 0 Å². The highest BCUT2D eigenvalue weighted by Gasteiger charge is 2.19. The quantitative estimate of drug-likeness (QED) is 0.0265. The van der Waals surface area contributed by atoms with E-state index in [1.807, 2.05) is 0 Å². The van der Waals surface area contributed by atoms with Gasteiger partial charge in [0.25, 0.3) is 0 Å². The number of carbonyl (C=O) groups is 3. The molecule has 6 nitrogen and oxygen atoms in total. The number of hydrogen-bond donors (Lipinski definition) is 0. The first-order chi connectivity index (χ1) is 27.5. The van der Waals surface area contributed by atoms with Crippen molar-refractivity contribution in [2.24, 2.45) is 0 Å². The summed E-state index contributed by atoms with van der Waals surface area (Å²) in [5, 5.41) is 0. The third-order valence-electron chi connectivity index (χ3n) is 10.7. The molecule has 0 fully saturated rings. The zero-order valence-electron chi connectivity index (χ0n) is 37.4. The van der Waals surface area contributed by atoms with Gasteiger partial charge in [0.2, 0.25) is 0 Å². The van der Waals surface area contributed by atoms with E-state index in [0.717, 1.165) is 83.5 Å². The Morgan fingerprint density at radius 3 is 1.02 bits per heavy atom. The summed E-state index contributed by atoms with van der Waals surface area (Å²) >= 11 is 0. The number of allylic oxidation sites excluding steroid dienone is 4. The molecule has 0 heterocycles. The van der Waals surface area contributed by atoms with Gasteiger partial charge in [0, 0.05) is 19.3 Å². The summed E-state index contributed by atoms with van der Waals surface area (Å²) in [5.41, 5.74) is 0. The van der Waals surface area contributed by atoms with Crippen LogP contribution < -0.4 is 0 Å². The number of hydrogen-bond acceptors (Lipinski definition) is 6. The molecular formula is C50H92O6. The summed E-state index contributed by atoms with van der Waals surface area (Å²) in [4.78, 5) is 37.7. The molecule has 0 rings (SSSR count). The fraction of sp³-hybridized carbons (Fsp3) is 0.860. The number of rotatable bonds is 44. The smallest absolute Gasteiger partial charge is 0.306 e. The van der Waals surface area contributed by atoms with Crippen molar-refractivity contribution in [2.45, 2.75) is 264 Å². The predicted octanol–water partition coefficient (Wildman–Crippen LogP) is 15.6. The Bertz CT molecular complexity index is 911. The van der Waals surface area contributed by atoms with E-state index in [1.165, 1.54) is 135 Å². The molecule has 0 aromatic rings. The van der Waals surface area contributed by atoms with Crippen LogP contribution in [0, 0.1) is 0 Å². The molecule has 0 saturated carbocycles. The van der Waals surface area contributed by atoms with E-state index in [-0.39, 0.29) is 31.1 Å². The number of unbranched alkanes of at least 4 members (excludes halogenated alkanes) is 29. The van der Waals surface area contributed by atoms with Crippen molar-refractivity contribution < 1.29 is 28.6 Å². The molecule has 328 valence electrons. The van der Waals surface area contributed by atoms with E-state index < -0.39 is 6.10 Å². The van der Waals surface area contributed by atoms with Gasteiger partial charge in [-0.05, 0) is 57.8 Å². The van der Waals surface area contributed by atoms with Crippen molar-refractivity contribution >= 4 is 17.9 Å². The van der Waals surface area contributed by atoms with Crippen LogP contribution >= 0.6 is 0 Å². The van der Waals surface area contributed by atoms with Crippen molar-refractivity contribution in [2.75, 3.05) is 13.2 Å². The van der Waals surface area contributed by atoms with Crippen molar-refractivity contribution in [3.63, 3.8) is 0 Å². The molecule has 6 heteroatoms. The van der Waals surface area contributed by atoms with E-state index >= 15 is 0 Å². The van der Waals surface area contributed by atoms with Gasteiger partial charge in [-0.3, -0.25) is 14.4 Å². The molecule has 1 unspecified atom stereocenters. The van der Waals surface area contributed by atoms with Crippen LogP contribution in [0.3, 0.4) is 0 Å². The van der Waals surface area contributed by atoms with E-state index in [4.69, 9.17) is 14.2 Å². The molecule has 56 heavy (non-hydrogen) atoms. The second-order valence-corrected chi connectivity index (χ2v) is 16.4. The van der Waals surface area contributed by atoms with Gasteiger partial charge in [0.15, 0.2) is 6.10 Å². The summed E-state index contributed by atoms with van der Waals surface area (Å²) in [6.45, 7) is 6.54. The summed E-state index contributed by atoms with van der Waals surface area (Å²) < 4.78 is 16.7.